The van der Waals surface area contributed by atoms with E-state index in [9.17, 15) is 4.79 Å². The van der Waals surface area contributed by atoms with Crippen LogP contribution in [0.3, 0.4) is 0 Å². The van der Waals surface area contributed by atoms with E-state index >= 15 is 0 Å². The van der Waals surface area contributed by atoms with Gasteiger partial charge < -0.3 is 25.6 Å². The molecule has 0 bridgehead atoms. The zero-order valence-corrected chi connectivity index (χ0v) is 19.6. The number of hydrogen-bond donors (Lipinski definition) is 2. The van der Waals surface area contributed by atoms with Gasteiger partial charge in [0.2, 0.25) is 0 Å². The van der Waals surface area contributed by atoms with Crippen LogP contribution in [0.4, 0.5) is 10.5 Å². The number of carbonyl (C=O) groups excluding carboxylic acids is 1. The third kappa shape index (κ3) is 6.94. The van der Waals surface area contributed by atoms with Gasteiger partial charge in [-0.25, -0.2) is 9.79 Å². The van der Waals surface area contributed by atoms with E-state index in [1.807, 2.05) is 6.92 Å². The smallest absolute Gasteiger partial charge is 0.409 e. The molecule has 1 aromatic carbocycles. The molecule has 7 nitrogen and oxygen atoms in total. The highest BCUT2D eigenvalue weighted by Gasteiger charge is 2.23. The summed E-state index contributed by atoms with van der Waals surface area (Å²) in [6.45, 7) is 6.42. The molecule has 162 valence electrons. The van der Waals surface area contributed by atoms with Crippen molar-refractivity contribution in [2.45, 2.75) is 51.6 Å². The minimum Gasteiger partial charge on any atom is -0.450 e. The monoisotopic (exact) mass is 515 g/mol. The summed E-state index contributed by atoms with van der Waals surface area (Å²) in [6, 6.07) is 8.72. The lowest BCUT2D eigenvalue weighted by molar-refractivity contribution is 0.0963. The predicted octanol–water partition coefficient (Wildman–Crippen LogP) is 3.32. The molecule has 0 spiro atoms. The minimum atomic E-state index is -0.225. The molecule has 2 aliphatic rings. The van der Waals surface area contributed by atoms with E-state index in [4.69, 9.17) is 10.5 Å². The molecule has 0 aliphatic carbocycles. The molecule has 29 heavy (non-hydrogen) atoms. The van der Waals surface area contributed by atoms with E-state index in [1.165, 1.54) is 30.5 Å². The molecular weight excluding hydrogens is 481 g/mol. The Balaban J connectivity index is 0.00000300. The number of benzene rings is 1. The summed E-state index contributed by atoms with van der Waals surface area (Å²) < 4.78 is 5.06. The number of halogens is 1. The van der Waals surface area contributed by atoms with Gasteiger partial charge in [-0.2, -0.15) is 0 Å². The fourth-order valence-electron chi connectivity index (χ4n) is 3.93. The van der Waals surface area contributed by atoms with Crippen molar-refractivity contribution in [3.05, 3.63) is 29.8 Å². The maximum absolute atomic E-state index is 11.8. The number of nitrogens with two attached hydrogens (primary N) is 1. The average Bonchev–Trinajstić information content (AvgIpc) is 2.74. The van der Waals surface area contributed by atoms with Gasteiger partial charge in [0.25, 0.3) is 0 Å². The number of nitrogens with zero attached hydrogens (tertiary/aromatic N) is 3. The Morgan fingerprint density at radius 2 is 1.86 bits per heavy atom. The molecule has 2 fully saturated rings. The Labute approximate surface area is 191 Å². The second-order valence-electron chi connectivity index (χ2n) is 7.48. The summed E-state index contributed by atoms with van der Waals surface area (Å²) in [5.74, 6) is 0.475. The number of para-hydroxylation sites is 1. The Kier molecular flexibility index (Phi) is 9.83. The number of piperidine rings is 2. The summed E-state index contributed by atoms with van der Waals surface area (Å²) in [4.78, 5) is 20.6. The van der Waals surface area contributed by atoms with Gasteiger partial charge in [-0.05, 0) is 50.7 Å². The van der Waals surface area contributed by atoms with E-state index in [1.54, 1.807) is 4.90 Å². The molecule has 0 saturated carbocycles. The molecule has 2 saturated heterocycles. The van der Waals surface area contributed by atoms with Crippen molar-refractivity contribution in [2.24, 2.45) is 10.7 Å². The molecule has 8 heteroatoms. The van der Waals surface area contributed by atoms with Crippen LogP contribution in [-0.2, 0) is 11.3 Å². The number of likely N-dealkylation sites (tertiary alicyclic amines) is 1. The first-order valence-corrected chi connectivity index (χ1v) is 10.5. The fourth-order valence-corrected chi connectivity index (χ4v) is 3.93. The average molecular weight is 515 g/mol. The van der Waals surface area contributed by atoms with Crippen LogP contribution in [-0.4, -0.2) is 55.8 Å². The van der Waals surface area contributed by atoms with Gasteiger partial charge in [-0.15, -0.1) is 24.0 Å². The van der Waals surface area contributed by atoms with Crippen LogP contribution in [0.5, 0.6) is 0 Å². The Morgan fingerprint density at radius 1 is 1.17 bits per heavy atom. The third-order valence-electron chi connectivity index (χ3n) is 5.48. The molecule has 0 unspecified atom stereocenters. The lowest BCUT2D eigenvalue weighted by Gasteiger charge is -2.32. The molecule has 3 rings (SSSR count). The summed E-state index contributed by atoms with van der Waals surface area (Å²) in [5, 5.41) is 3.31. The molecule has 2 aliphatic heterocycles. The molecule has 0 radical (unpaired) electrons. The number of ether oxygens (including phenoxy) is 1. The van der Waals surface area contributed by atoms with Crippen LogP contribution in [0.2, 0.25) is 0 Å². The van der Waals surface area contributed by atoms with Gasteiger partial charge in [-0.1, -0.05) is 18.2 Å². The highest BCUT2D eigenvalue weighted by Crippen LogP contribution is 2.24. The Bertz CT molecular complexity index is 671. The molecule has 2 heterocycles. The zero-order chi connectivity index (χ0) is 19.8. The number of amides is 1. The van der Waals surface area contributed by atoms with Crippen molar-refractivity contribution in [1.82, 2.24) is 10.2 Å². The molecular formula is C21H34IN5O2. The van der Waals surface area contributed by atoms with E-state index in [2.05, 4.69) is 39.5 Å². The van der Waals surface area contributed by atoms with Crippen LogP contribution in [0.25, 0.3) is 0 Å². The number of hydrogen-bond acceptors (Lipinski definition) is 4. The first-order valence-electron chi connectivity index (χ1n) is 10.5. The number of anilines is 1. The van der Waals surface area contributed by atoms with E-state index in [-0.39, 0.29) is 36.1 Å². The number of nitrogens with one attached hydrogen (secondary N) is 1. The highest BCUT2D eigenvalue weighted by atomic mass is 127. The van der Waals surface area contributed by atoms with E-state index in [0.29, 0.717) is 32.2 Å². The fraction of sp³-hybridized carbons (Fsp3) is 0.619. The summed E-state index contributed by atoms with van der Waals surface area (Å²) >= 11 is 0. The van der Waals surface area contributed by atoms with Crippen LogP contribution in [0.15, 0.2) is 29.3 Å². The minimum absolute atomic E-state index is 0. The van der Waals surface area contributed by atoms with E-state index < -0.39 is 0 Å². The Morgan fingerprint density at radius 3 is 2.55 bits per heavy atom. The number of aliphatic imine (C=N–C) groups is 1. The predicted molar refractivity (Wildman–Crippen MR) is 128 cm³/mol. The third-order valence-corrected chi connectivity index (χ3v) is 5.48. The van der Waals surface area contributed by atoms with Gasteiger partial charge >= 0.3 is 6.09 Å². The van der Waals surface area contributed by atoms with Crippen LogP contribution >= 0.6 is 24.0 Å². The summed E-state index contributed by atoms with van der Waals surface area (Å²) in [5.41, 5.74) is 8.64. The molecule has 0 atom stereocenters. The van der Waals surface area contributed by atoms with Crippen molar-refractivity contribution in [2.75, 3.05) is 37.7 Å². The van der Waals surface area contributed by atoms with Crippen molar-refractivity contribution >= 4 is 41.7 Å². The van der Waals surface area contributed by atoms with Gasteiger partial charge in [0.1, 0.15) is 0 Å². The maximum Gasteiger partial charge on any atom is 0.409 e. The zero-order valence-electron chi connectivity index (χ0n) is 17.3. The molecule has 0 aromatic heterocycles. The van der Waals surface area contributed by atoms with Crippen molar-refractivity contribution in [3.63, 3.8) is 0 Å². The normalized spacial score (nSPS) is 18.2. The quantitative estimate of drug-likeness (QED) is 0.357. The molecule has 1 amide bonds. The lowest BCUT2D eigenvalue weighted by Crippen LogP contribution is -2.48. The highest BCUT2D eigenvalue weighted by molar-refractivity contribution is 14.0. The SMILES string of the molecule is CCOC(=O)N1CCC(NC(N)=NCc2ccccc2N2CCCCC2)CC1.I. The van der Waals surface area contributed by atoms with Crippen LogP contribution in [0, 0.1) is 0 Å². The standard InChI is InChI=1S/C21H33N5O2.HI/c1-2-28-21(27)26-14-10-18(11-15-26)24-20(22)23-16-17-8-4-5-9-19(17)25-12-6-3-7-13-25;/h4-5,8-9,18H,2-3,6-7,10-16H2,1H3,(H3,22,23,24);1H. The van der Waals surface area contributed by atoms with Gasteiger partial charge in [0, 0.05) is 37.9 Å². The van der Waals surface area contributed by atoms with Crippen LogP contribution < -0.4 is 16.0 Å². The summed E-state index contributed by atoms with van der Waals surface area (Å²) in [6.07, 6.45) is 5.30. The van der Waals surface area contributed by atoms with Crippen molar-refractivity contribution < 1.29 is 9.53 Å². The Hall–Kier alpha value is -1.71. The molecule has 3 N–H and O–H groups in total. The largest absolute Gasteiger partial charge is 0.450 e. The van der Waals surface area contributed by atoms with Crippen molar-refractivity contribution in [1.29, 1.82) is 0 Å². The summed E-state index contributed by atoms with van der Waals surface area (Å²) in [7, 11) is 0. The van der Waals surface area contributed by atoms with Gasteiger partial charge in [-0.3, -0.25) is 0 Å². The first-order chi connectivity index (χ1) is 13.7. The van der Waals surface area contributed by atoms with Gasteiger partial charge in [0.15, 0.2) is 5.96 Å². The number of carbonyl (C=O) groups is 1. The lowest BCUT2D eigenvalue weighted by atomic mass is 10.1. The topological polar surface area (TPSA) is 83.2 Å². The second-order valence-corrected chi connectivity index (χ2v) is 7.48. The van der Waals surface area contributed by atoms with E-state index in [0.717, 1.165) is 25.9 Å². The maximum atomic E-state index is 11.8. The van der Waals surface area contributed by atoms with Crippen molar-refractivity contribution in [3.8, 4) is 0 Å². The first kappa shape index (κ1) is 23.6. The molecule has 1 aromatic rings. The van der Waals surface area contributed by atoms with Crippen LogP contribution in [0.1, 0.15) is 44.6 Å². The van der Waals surface area contributed by atoms with Gasteiger partial charge in [0.05, 0.1) is 13.2 Å². The number of rotatable bonds is 5. The second kappa shape index (κ2) is 12.1. The number of guanidine groups is 1.